The van der Waals surface area contributed by atoms with Gasteiger partial charge in [-0.2, -0.15) is 0 Å². The normalized spacial score (nSPS) is 17.0. The number of primary amides is 1. The molecule has 1 aliphatic heterocycles. The number of hydrogen-bond acceptors (Lipinski definition) is 10. The minimum Gasteiger partial charge on any atom is -0.489 e. The van der Waals surface area contributed by atoms with Gasteiger partial charge >= 0.3 is 11.9 Å². The molecule has 8 rings (SSSR count). The third kappa shape index (κ3) is 14.4. The quantitative estimate of drug-likeness (QED) is 0.0694. The Balaban J connectivity index is 0.000000337. The number of likely N-dealkylation sites (tertiary alicyclic amines) is 1. The minimum atomic E-state index is -0.638. The molecule has 0 spiro atoms. The van der Waals surface area contributed by atoms with Crippen molar-refractivity contribution in [1.82, 2.24) is 4.90 Å². The molecule has 1 saturated heterocycles. The van der Waals surface area contributed by atoms with Gasteiger partial charge < -0.3 is 34.3 Å². The molecule has 11 nitrogen and oxygen atoms in total. The first kappa shape index (κ1) is 48.7. The van der Waals surface area contributed by atoms with Crippen LogP contribution in [-0.2, 0) is 40.7 Å². The molecule has 2 N–H and O–H groups in total. The molecule has 1 amide bonds. The standard InChI is InChI=1S/C43H47NO7.C14H13NO2/c1-44-24-13-20-35(23-25-44)51-42(46)34-26-38(48-28-31-14-5-2-6-15-31)40(39(27-34)49-29-32-16-7-3-8-17-32)41(45)36-21-11-12-22-37(36)43(47)50-30-33-18-9-4-10-19-33;15-14(16)12-6-8-13(9-7-12)17-10-11-4-2-1-3-5-11/h2-10,14-19,26-27,35-37H,11-13,20-25,28-30H2,1H3;1-9H,10H2,(H2,15,16). The molecule has 6 aromatic carbocycles. The van der Waals surface area contributed by atoms with Gasteiger partial charge in [-0.15, -0.1) is 0 Å². The van der Waals surface area contributed by atoms with Crippen LogP contribution in [0.15, 0.2) is 158 Å². The average molecular weight is 917 g/mol. The van der Waals surface area contributed by atoms with E-state index in [0.717, 1.165) is 73.2 Å². The molecule has 11 heteroatoms. The number of amides is 1. The minimum absolute atomic E-state index is 0.141. The number of ketones is 1. The molecule has 68 heavy (non-hydrogen) atoms. The van der Waals surface area contributed by atoms with Crippen LogP contribution in [0, 0.1) is 11.8 Å². The highest BCUT2D eigenvalue weighted by molar-refractivity contribution is 6.06. The molecule has 3 unspecified atom stereocenters. The van der Waals surface area contributed by atoms with Crippen LogP contribution in [0.4, 0.5) is 0 Å². The van der Waals surface area contributed by atoms with Crippen LogP contribution in [0.1, 0.15) is 98.3 Å². The van der Waals surface area contributed by atoms with Gasteiger partial charge in [0.25, 0.3) is 0 Å². The Labute approximate surface area is 399 Å². The van der Waals surface area contributed by atoms with Gasteiger partial charge in [0.1, 0.15) is 55.3 Å². The molecule has 0 bridgehead atoms. The lowest BCUT2D eigenvalue weighted by Crippen LogP contribution is -2.34. The summed E-state index contributed by atoms with van der Waals surface area (Å²) >= 11 is 0. The average Bonchev–Trinajstić information content (AvgIpc) is 3.60. The Kier molecular flexibility index (Phi) is 17.9. The number of ether oxygens (including phenoxy) is 5. The summed E-state index contributed by atoms with van der Waals surface area (Å²) in [5.74, 6) is -1.64. The van der Waals surface area contributed by atoms with Gasteiger partial charge in [0.05, 0.1) is 11.5 Å². The summed E-state index contributed by atoms with van der Waals surface area (Å²) in [5.41, 5.74) is 9.90. The predicted molar refractivity (Wildman–Crippen MR) is 260 cm³/mol. The SMILES string of the molecule is CN1CCCC(OC(=O)c2cc(OCc3ccccc3)c(C(=O)C3CCCCC3C(=O)OCc3ccccc3)c(OCc3ccccc3)c2)CC1.NC(=O)c1ccc(OCc2ccccc2)cc1. The van der Waals surface area contributed by atoms with Crippen LogP contribution >= 0.6 is 0 Å². The highest BCUT2D eigenvalue weighted by Crippen LogP contribution is 2.40. The molecular formula is C57H60N2O9. The summed E-state index contributed by atoms with van der Waals surface area (Å²) in [4.78, 5) is 55.3. The molecule has 352 valence electrons. The zero-order valence-electron chi connectivity index (χ0n) is 38.6. The summed E-state index contributed by atoms with van der Waals surface area (Å²) in [7, 11) is 2.08. The van der Waals surface area contributed by atoms with Gasteiger partial charge in [0.2, 0.25) is 5.91 Å². The molecule has 1 heterocycles. The second kappa shape index (κ2) is 25.0. The number of nitrogens with two attached hydrogens (primary N) is 1. The van der Waals surface area contributed by atoms with Gasteiger partial charge in [-0.1, -0.05) is 134 Å². The lowest BCUT2D eigenvalue weighted by atomic mass is 9.75. The number of carbonyl (C=O) groups is 4. The van der Waals surface area contributed by atoms with Crippen LogP contribution in [0.2, 0.25) is 0 Å². The van der Waals surface area contributed by atoms with E-state index in [0.29, 0.717) is 25.0 Å². The number of nitrogens with zero attached hydrogens (tertiary/aromatic N) is 1. The fourth-order valence-corrected chi connectivity index (χ4v) is 8.40. The zero-order valence-corrected chi connectivity index (χ0v) is 38.6. The lowest BCUT2D eigenvalue weighted by Gasteiger charge is -2.30. The number of esters is 2. The maximum absolute atomic E-state index is 14.8. The number of Topliss-reactive ketones (excluding diaryl/α,β-unsaturated/α-hetero) is 1. The summed E-state index contributed by atoms with van der Waals surface area (Å²) in [6.07, 6.45) is 4.96. The lowest BCUT2D eigenvalue weighted by molar-refractivity contribution is -0.152. The summed E-state index contributed by atoms with van der Waals surface area (Å²) in [5, 5.41) is 0. The Morgan fingerprint density at radius 1 is 0.529 bits per heavy atom. The maximum atomic E-state index is 14.8. The van der Waals surface area contributed by atoms with Crippen molar-refractivity contribution in [2.45, 2.75) is 77.5 Å². The molecular weight excluding hydrogens is 857 g/mol. The summed E-state index contributed by atoms with van der Waals surface area (Å²) < 4.78 is 30.2. The fraction of sp³-hybridized carbons (Fsp3) is 0.298. The van der Waals surface area contributed by atoms with E-state index in [2.05, 4.69) is 11.9 Å². The van der Waals surface area contributed by atoms with E-state index >= 15 is 0 Å². The van der Waals surface area contributed by atoms with Crippen LogP contribution in [-0.4, -0.2) is 54.8 Å². The van der Waals surface area contributed by atoms with E-state index in [-0.39, 0.29) is 60.3 Å². The molecule has 2 fully saturated rings. The molecule has 1 saturated carbocycles. The number of rotatable bonds is 17. The monoisotopic (exact) mass is 916 g/mol. The number of carbonyl (C=O) groups excluding carboxylic acids is 4. The van der Waals surface area contributed by atoms with Crippen LogP contribution in [0.3, 0.4) is 0 Å². The summed E-state index contributed by atoms with van der Waals surface area (Å²) in [6.45, 7) is 2.79. The van der Waals surface area contributed by atoms with Gasteiger partial charge in [-0.05, 0) is 104 Å². The number of benzene rings is 6. The summed E-state index contributed by atoms with van der Waals surface area (Å²) in [6, 6.07) is 48.7. The van der Waals surface area contributed by atoms with Crippen molar-refractivity contribution in [3.63, 3.8) is 0 Å². The molecule has 0 radical (unpaired) electrons. The van der Waals surface area contributed by atoms with Gasteiger partial charge in [-0.3, -0.25) is 14.4 Å². The fourth-order valence-electron chi connectivity index (χ4n) is 8.40. The van der Waals surface area contributed by atoms with Crippen LogP contribution in [0.25, 0.3) is 0 Å². The second-order valence-corrected chi connectivity index (χ2v) is 17.3. The predicted octanol–water partition coefficient (Wildman–Crippen LogP) is 10.6. The molecule has 6 aromatic rings. The van der Waals surface area contributed by atoms with E-state index in [1.165, 1.54) is 0 Å². The molecule has 0 aromatic heterocycles. The van der Waals surface area contributed by atoms with Crippen molar-refractivity contribution in [3.8, 4) is 17.2 Å². The third-order valence-corrected chi connectivity index (χ3v) is 12.2. The highest BCUT2D eigenvalue weighted by atomic mass is 16.5. The first-order valence-electron chi connectivity index (χ1n) is 23.4. The first-order chi connectivity index (χ1) is 33.2. The molecule has 2 aliphatic rings. The largest absolute Gasteiger partial charge is 0.489 e. The van der Waals surface area contributed by atoms with Crippen molar-refractivity contribution >= 4 is 23.6 Å². The Bertz CT molecular complexity index is 2470. The van der Waals surface area contributed by atoms with Gasteiger partial charge in [0.15, 0.2) is 5.78 Å². The van der Waals surface area contributed by atoms with Crippen molar-refractivity contribution in [2.75, 3.05) is 20.1 Å². The number of hydrogen-bond donors (Lipinski definition) is 1. The zero-order chi connectivity index (χ0) is 47.5. The second-order valence-electron chi connectivity index (χ2n) is 17.3. The molecule has 3 atom stereocenters. The van der Waals surface area contributed by atoms with E-state index in [1.807, 2.05) is 121 Å². The van der Waals surface area contributed by atoms with Crippen molar-refractivity contribution in [3.05, 3.63) is 197 Å². The van der Waals surface area contributed by atoms with Crippen LogP contribution < -0.4 is 19.9 Å². The third-order valence-electron chi connectivity index (χ3n) is 12.2. The van der Waals surface area contributed by atoms with Crippen molar-refractivity contribution in [1.29, 1.82) is 0 Å². The van der Waals surface area contributed by atoms with E-state index in [9.17, 15) is 19.2 Å². The van der Waals surface area contributed by atoms with Crippen molar-refractivity contribution < 1.29 is 42.9 Å². The Morgan fingerprint density at radius 2 is 1.01 bits per heavy atom. The van der Waals surface area contributed by atoms with Gasteiger partial charge in [0, 0.05) is 18.0 Å². The maximum Gasteiger partial charge on any atom is 0.338 e. The van der Waals surface area contributed by atoms with Gasteiger partial charge in [-0.25, -0.2) is 4.79 Å². The van der Waals surface area contributed by atoms with E-state index in [1.54, 1.807) is 36.4 Å². The Morgan fingerprint density at radius 3 is 1.53 bits per heavy atom. The molecule has 1 aliphatic carbocycles. The highest BCUT2D eigenvalue weighted by Gasteiger charge is 2.40. The van der Waals surface area contributed by atoms with E-state index < -0.39 is 23.7 Å². The van der Waals surface area contributed by atoms with E-state index in [4.69, 9.17) is 29.4 Å². The van der Waals surface area contributed by atoms with Crippen molar-refractivity contribution in [2.24, 2.45) is 17.6 Å². The topological polar surface area (TPSA) is 144 Å². The Hall–Kier alpha value is -7.24. The smallest absolute Gasteiger partial charge is 0.338 e. The first-order valence-corrected chi connectivity index (χ1v) is 23.4. The van der Waals surface area contributed by atoms with Crippen LogP contribution in [0.5, 0.6) is 17.2 Å².